The molecule has 0 bridgehead atoms. The molecule has 3 N–H and O–H groups in total. The number of halogens is 1. The van der Waals surface area contributed by atoms with Gasteiger partial charge in [-0.1, -0.05) is 0 Å². The van der Waals surface area contributed by atoms with Gasteiger partial charge in [0.2, 0.25) is 0 Å². The first kappa shape index (κ1) is 14.3. The lowest BCUT2D eigenvalue weighted by Crippen LogP contribution is -2.45. The Morgan fingerprint density at radius 2 is 2.32 bits per heavy atom. The van der Waals surface area contributed by atoms with E-state index < -0.39 is 35.8 Å². The van der Waals surface area contributed by atoms with E-state index in [0.29, 0.717) is 5.56 Å². The van der Waals surface area contributed by atoms with Crippen LogP contribution in [0.2, 0.25) is 0 Å². The molecule has 1 fully saturated rings. The maximum Gasteiger partial charge on any atom is 0.330 e. The minimum Gasteiger partial charge on any atom is -0.393 e. The lowest BCUT2D eigenvalue weighted by atomic mass is 10.0. The summed E-state index contributed by atoms with van der Waals surface area (Å²) in [7, 11) is 0. The molecule has 3 atom stereocenters. The monoisotopic (exact) mass is 290 g/mol. The number of nitrogens with zero attached hydrogens (tertiary/aromatic N) is 1. The van der Waals surface area contributed by atoms with E-state index in [-0.39, 0.29) is 12.3 Å². The summed E-state index contributed by atoms with van der Waals surface area (Å²) in [6, 6.07) is 0. The van der Waals surface area contributed by atoms with Crippen LogP contribution in [0.25, 0.3) is 0 Å². The number of aromatic nitrogens is 2. The van der Waals surface area contributed by atoms with Crippen LogP contribution in [0.3, 0.4) is 0 Å². The number of aliphatic hydroxyl groups is 2. The Labute approximate surface area is 113 Å². The first-order valence-electron chi connectivity index (χ1n) is 5.78. The molecule has 1 aromatic heterocycles. The van der Waals surface area contributed by atoms with Crippen LogP contribution in [-0.2, 0) is 4.74 Å². The van der Waals surface area contributed by atoms with Gasteiger partial charge in [-0.05, 0) is 6.92 Å². The SMILES string of the molecule is Cc1cn([C@H]2C[C@@H](O)[C@](CO)(CCl)O2)c(=O)[nH]c1=O. The van der Waals surface area contributed by atoms with Gasteiger partial charge in [-0.3, -0.25) is 14.3 Å². The third kappa shape index (κ3) is 2.34. The molecule has 1 aliphatic rings. The summed E-state index contributed by atoms with van der Waals surface area (Å²) < 4.78 is 6.71. The first-order valence-corrected chi connectivity index (χ1v) is 6.32. The molecule has 0 aromatic carbocycles. The van der Waals surface area contributed by atoms with E-state index in [0.717, 1.165) is 0 Å². The van der Waals surface area contributed by atoms with Gasteiger partial charge in [0.25, 0.3) is 5.56 Å². The Balaban J connectivity index is 2.38. The molecule has 2 heterocycles. The van der Waals surface area contributed by atoms with E-state index in [4.69, 9.17) is 16.3 Å². The van der Waals surface area contributed by atoms with Crippen LogP contribution in [0.15, 0.2) is 15.8 Å². The van der Waals surface area contributed by atoms with Crippen LogP contribution >= 0.6 is 11.6 Å². The van der Waals surface area contributed by atoms with Crippen molar-refractivity contribution in [3.05, 3.63) is 32.6 Å². The molecular formula is C11H15ClN2O5. The normalized spacial score (nSPS) is 30.7. The zero-order chi connectivity index (χ0) is 14.2. The number of alkyl halides is 1. The van der Waals surface area contributed by atoms with E-state index >= 15 is 0 Å². The van der Waals surface area contributed by atoms with Crippen molar-refractivity contribution in [2.75, 3.05) is 12.5 Å². The molecule has 0 radical (unpaired) electrons. The molecule has 0 unspecified atom stereocenters. The molecule has 106 valence electrons. The highest BCUT2D eigenvalue weighted by Crippen LogP contribution is 2.36. The zero-order valence-corrected chi connectivity index (χ0v) is 11.1. The van der Waals surface area contributed by atoms with Crippen molar-refractivity contribution in [3.63, 3.8) is 0 Å². The second kappa shape index (κ2) is 5.09. The van der Waals surface area contributed by atoms with Crippen molar-refractivity contribution in [3.8, 4) is 0 Å². The molecule has 1 aromatic rings. The van der Waals surface area contributed by atoms with E-state index in [2.05, 4.69) is 4.98 Å². The predicted molar refractivity (Wildman–Crippen MR) is 67.3 cm³/mol. The molecule has 1 saturated heterocycles. The Hall–Kier alpha value is -1.15. The van der Waals surface area contributed by atoms with E-state index in [1.165, 1.54) is 10.8 Å². The minimum atomic E-state index is -1.28. The minimum absolute atomic E-state index is 0.0990. The molecule has 7 nitrogen and oxygen atoms in total. The number of aromatic amines is 1. The number of nitrogens with one attached hydrogen (secondary N) is 1. The highest BCUT2D eigenvalue weighted by molar-refractivity contribution is 6.18. The van der Waals surface area contributed by atoms with Crippen molar-refractivity contribution in [2.45, 2.75) is 31.3 Å². The number of hydrogen-bond acceptors (Lipinski definition) is 5. The Bertz CT molecular complexity index is 577. The fraction of sp³-hybridized carbons (Fsp3) is 0.636. The predicted octanol–water partition coefficient (Wildman–Crippen LogP) is -0.905. The molecule has 0 spiro atoms. The number of aliphatic hydroxyl groups excluding tert-OH is 2. The molecule has 1 aliphatic heterocycles. The van der Waals surface area contributed by atoms with Crippen LogP contribution in [0.5, 0.6) is 0 Å². The molecule has 19 heavy (non-hydrogen) atoms. The van der Waals surface area contributed by atoms with Crippen LogP contribution in [0.1, 0.15) is 18.2 Å². The van der Waals surface area contributed by atoms with Gasteiger partial charge in [0.15, 0.2) is 0 Å². The average molecular weight is 291 g/mol. The van der Waals surface area contributed by atoms with E-state index in [1.54, 1.807) is 6.92 Å². The second-order valence-corrected chi connectivity index (χ2v) is 4.93. The summed E-state index contributed by atoms with van der Waals surface area (Å²) in [6.07, 6.45) is -0.290. The van der Waals surface area contributed by atoms with Crippen LogP contribution in [0.4, 0.5) is 0 Å². The number of aryl methyl sites for hydroxylation is 1. The summed E-state index contributed by atoms with van der Waals surface area (Å²) >= 11 is 5.72. The van der Waals surface area contributed by atoms with Gasteiger partial charge in [-0.25, -0.2) is 4.79 Å². The van der Waals surface area contributed by atoms with Gasteiger partial charge in [-0.15, -0.1) is 11.6 Å². The van der Waals surface area contributed by atoms with Gasteiger partial charge in [-0.2, -0.15) is 0 Å². The Morgan fingerprint density at radius 1 is 1.63 bits per heavy atom. The van der Waals surface area contributed by atoms with Gasteiger partial charge in [0.05, 0.1) is 18.6 Å². The molecule has 2 rings (SSSR count). The largest absolute Gasteiger partial charge is 0.393 e. The standard InChI is InChI=1S/C11H15ClN2O5/c1-6-3-14(10(18)13-9(6)17)8-2-7(16)11(4-12,5-15)19-8/h3,7-8,15-16H,2,4-5H2,1H3,(H,13,17,18)/t7-,8-,11-/m1/s1. The Kier molecular flexibility index (Phi) is 3.82. The Morgan fingerprint density at radius 3 is 2.84 bits per heavy atom. The van der Waals surface area contributed by atoms with Gasteiger partial charge in [0.1, 0.15) is 11.8 Å². The average Bonchev–Trinajstić information content (AvgIpc) is 2.71. The van der Waals surface area contributed by atoms with Gasteiger partial charge < -0.3 is 14.9 Å². The molecule has 0 aliphatic carbocycles. The number of H-pyrrole nitrogens is 1. The van der Waals surface area contributed by atoms with E-state index in [9.17, 15) is 19.8 Å². The summed E-state index contributed by atoms with van der Waals surface area (Å²) in [4.78, 5) is 25.2. The molecule has 0 saturated carbocycles. The summed E-state index contributed by atoms with van der Waals surface area (Å²) in [5, 5.41) is 19.2. The van der Waals surface area contributed by atoms with Crippen molar-refractivity contribution in [1.29, 1.82) is 0 Å². The molecule has 0 amide bonds. The highest BCUT2D eigenvalue weighted by atomic mass is 35.5. The van der Waals surface area contributed by atoms with E-state index in [1.807, 2.05) is 0 Å². The number of rotatable bonds is 3. The lowest BCUT2D eigenvalue weighted by molar-refractivity contribution is -0.114. The fourth-order valence-electron chi connectivity index (χ4n) is 2.08. The maximum atomic E-state index is 11.7. The summed E-state index contributed by atoms with van der Waals surface area (Å²) in [5.41, 5.74) is -2.03. The van der Waals surface area contributed by atoms with Crippen molar-refractivity contribution in [2.24, 2.45) is 0 Å². The van der Waals surface area contributed by atoms with Crippen molar-refractivity contribution < 1.29 is 14.9 Å². The third-order valence-corrected chi connectivity index (χ3v) is 3.81. The van der Waals surface area contributed by atoms with Gasteiger partial charge in [0, 0.05) is 18.2 Å². The number of hydrogen-bond donors (Lipinski definition) is 3. The lowest BCUT2D eigenvalue weighted by Gasteiger charge is -2.27. The quantitative estimate of drug-likeness (QED) is 0.626. The van der Waals surface area contributed by atoms with Crippen LogP contribution in [-0.4, -0.2) is 44.0 Å². The summed E-state index contributed by atoms with van der Waals surface area (Å²) in [5.74, 6) is -0.0990. The van der Waals surface area contributed by atoms with Gasteiger partial charge >= 0.3 is 5.69 Å². The summed E-state index contributed by atoms with van der Waals surface area (Å²) in [6.45, 7) is 1.10. The first-order chi connectivity index (χ1) is 8.93. The van der Waals surface area contributed by atoms with Crippen LogP contribution in [0, 0.1) is 6.92 Å². The fourth-order valence-corrected chi connectivity index (χ4v) is 2.40. The van der Waals surface area contributed by atoms with Crippen LogP contribution < -0.4 is 11.2 Å². The molecular weight excluding hydrogens is 276 g/mol. The second-order valence-electron chi connectivity index (χ2n) is 4.66. The maximum absolute atomic E-state index is 11.7. The van der Waals surface area contributed by atoms with Crippen molar-refractivity contribution in [1.82, 2.24) is 9.55 Å². The van der Waals surface area contributed by atoms with Crippen molar-refractivity contribution >= 4 is 11.6 Å². The third-order valence-electron chi connectivity index (χ3n) is 3.35. The highest BCUT2D eigenvalue weighted by Gasteiger charge is 2.48. The number of ether oxygens (including phenoxy) is 1. The molecule has 8 heteroatoms. The topological polar surface area (TPSA) is 105 Å². The smallest absolute Gasteiger partial charge is 0.330 e. The zero-order valence-electron chi connectivity index (χ0n) is 10.3.